The summed E-state index contributed by atoms with van der Waals surface area (Å²) in [5, 5.41) is 0. The van der Waals surface area contributed by atoms with Crippen LogP contribution in [0.15, 0.2) is 35.2 Å². The first-order chi connectivity index (χ1) is 10.6. The highest BCUT2D eigenvalue weighted by Gasteiger charge is 2.14. The van der Waals surface area contributed by atoms with Gasteiger partial charge in [0.25, 0.3) is 0 Å². The fourth-order valence-corrected chi connectivity index (χ4v) is 2.87. The third-order valence-corrected chi connectivity index (χ3v) is 4.28. The fourth-order valence-electron chi connectivity index (χ4n) is 2.46. The van der Waals surface area contributed by atoms with E-state index in [4.69, 9.17) is 0 Å². The highest BCUT2D eigenvalue weighted by Crippen LogP contribution is 2.20. The van der Waals surface area contributed by atoms with Crippen LogP contribution in [-0.4, -0.2) is 24.1 Å². The molecule has 0 spiro atoms. The Balaban J connectivity index is 1.98. The van der Waals surface area contributed by atoms with Crippen molar-refractivity contribution in [2.45, 2.75) is 26.9 Å². The van der Waals surface area contributed by atoms with Gasteiger partial charge < -0.3 is 9.13 Å². The van der Waals surface area contributed by atoms with Crippen LogP contribution in [0.2, 0.25) is 0 Å². The molecule has 0 saturated carbocycles. The van der Waals surface area contributed by atoms with Crippen LogP contribution in [0.3, 0.4) is 0 Å². The normalized spacial score (nSPS) is 11.1. The third kappa shape index (κ3) is 2.68. The minimum Gasteiger partial charge on any atom is -0.330 e. The summed E-state index contributed by atoms with van der Waals surface area (Å²) in [4.78, 5) is 12.7. The average molecular weight is 364 g/mol. The summed E-state index contributed by atoms with van der Waals surface area (Å²) in [6.45, 7) is 5.48. The van der Waals surface area contributed by atoms with E-state index in [1.807, 2.05) is 17.7 Å². The fraction of sp³-hybridized carbons (Fsp3) is 0.267. The molecule has 3 rings (SSSR count). The van der Waals surface area contributed by atoms with Crippen LogP contribution in [0, 0.1) is 12.9 Å². The van der Waals surface area contributed by atoms with Crippen molar-refractivity contribution >= 4 is 15.9 Å². The molecule has 114 valence electrons. The Kier molecular flexibility index (Phi) is 4.06. The van der Waals surface area contributed by atoms with Gasteiger partial charge in [-0.1, -0.05) is 6.07 Å². The van der Waals surface area contributed by atoms with Crippen LogP contribution in [0.5, 0.6) is 0 Å². The number of hydrogen-bond donors (Lipinski definition) is 0. The SMILES string of the molecule is CCn1c(Cn2ccnc2-c2cccc(F)n2)nc(Br)c1C. The monoisotopic (exact) mass is 363 g/mol. The van der Waals surface area contributed by atoms with E-state index in [2.05, 4.69) is 42.4 Å². The predicted molar refractivity (Wildman–Crippen MR) is 84.9 cm³/mol. The largest absolute Gasteiger partial charge is 0.330 e. The highest BCUT2D eigenvalue weighted by atomic mass is 79.9. The summed E-state index contributed by atoms with van der Waals surface area (Å²) >= 11 is 3.47. The van der Waals surface area contributed by atoms with Crippen LogP contribution in [0.4, 0.5) is 4.39 Å². The van der Waals surface area contributed by atoms with Crippen molar-refractivity contribution in [2.75, 3.05) is 0 Å². The Morgan fingerprint density at radius 3 is 2.82 bits per heavy atom. The van der Waals surface area contributed by atoms with Crippen molar-refractivity contribution in [3.63, 3.8) is 0 Å². The second-order valence-electron chi connectivity index (χ2n) is 4.87. The number of halogens is 2. The van der Waals surface area contributed by atoms with E-state index in [0.29, 0.717) is 18.1 Å². The van der Waals surface area contributed by atoms with E-state index in [9.17, 15) is 4.39 Å². The molecule has 7 heteroatoms. The van der Waals surface area contributed by atoms with Gasteiger partial charge in [0.05, 0.1) is 6.54 Å². The molecular formula is C15H15BrFN5. The maximum atomic E-state index is 13.3. The molecule has 0 aliphatic rings. The summed E-state index contributed by atoms with van der Waals surface area (Å²) in [7, 11) is 0. The van der Waals surface area contributed by atoms with Crippen molar-refractivity contribution in [2.24, 2.45) is 0 Å². The average Bonchev–Trinajstić information content (AvgIpc) is 3.05. The van der Waals surface area contributed by atoms with Gasteiger partial charge in [0.1, 0.15) is 16.1 Å². The van der Waals surface area contributed by atoms with Gasteiger partial charge in [-0.05, 0) is 41.9 Å². The molecular weight excluding hydrogens is 349 g/mol. The summed E-state index contributed by atoms with van der Waals surface area (Å²) in [5.74, 6) is 1.03. The third-order valence-electron chi connectivity index (χ3n) is 3.53. The first kappa shape index (κ1) is 14.9. The van der Waals surface area contributed by atoms with Gasteiger partial charge in [0.15, 0.2) is 5.82 Å². The zero-order valence-corrected chi connectivity index (χ0v) is 13.9. The van der Waals surface area contributed by atoms with Gasteiger partial charge in [0.2, 0.25) is 5.95 Å². The quantitative estimate of drug-likeness (QED) is 0.667. The molecule has 0 amide bonds. The molecule has 0 aromatic carbocycles. The van der Waals surface area contributed by atoms with Gasteiger partial charge in [0, 0.05) is 24.6 Å². The van der Waals surface area contributed by atoms with Gasteiger partial charge in [-0.3, -0.25) is 0 Å². The standard InChI is InChI=1S/C15H15BrFN5/c1-3-22-10(2)14(16)20-13(22)9-21-8-7-18-15(21)11-5-4-6-12(17)19-11/h4-8H,3,9H2,1-2H3. The van der Waals surface area contributed by atoms with Crippen molar-refractivity contribution in [1.29, 1.82) is 0 Å². The molecule has 0 saturated heterocycles. The van der Waals surface area contributed by atoms with Gasteiger partial charge in [-0.25, -0.2) is 15.0 Å². The lowest BCUT2D eigenvalue weighted by Gasteiger charge is -2.10. The lowest BCUT2D eigenvalue weighted by molar-refractivity contribution is 0.583. The molecule has 0 radical (unpaired) electrons. The molecule has 0 fully saturated rings. The van der Waals surface area contributed by atoms with E-state index < -0.39 is 5.95 Å². The second kappa shape index (κ2) is 6.00. The van der Waals surface area contributed by atoms with Crippen molar-refractivity contribution in [3.05, 3.63) is 52.7 Å². The first-order valence-corrected chi connectivity index (χ1v) is 7.75. The van der Waals surface area contributed by atoms with E-state index in [1.165, 1.54) is 6.07 Å². The lowest BCUT2D eigenvalue weighted by atomic mass is 10.3. The molecule has 0 aliphatic carbocycles. The van der Waals surface area contributed by atoms with E-state index in [1.54, 1.807) is 18.3 Å². The zero-order valence-electron chi connectivity index (χ0n) is 12.3. The van der Waals surface area contributed by atoms with E-state index >= 15 is 0 Å². The Morgan fingerprint density at radius 1 is 1.27 bits per heavy atom. The van der Waals surface area contributed by atoms with Crippen molar-refractivity contribution < 1.29 is 4.39 Å². The summed E-state index contributed by atoms with van der Waals surface area (Å²) in [5.41, 5.74) is 1.60. The number of rotatable bonds is 4. The van der Waals surface area contributed by atoms with E-state index in [-0.39, 0.29) is 0 Å². The van der Waals surface area contributed by atoms with Crippen LogP contribution in [0.25, 0.3) is 11.5 Å². The number of hydrogen-bond acceptors (Lipinski definition) is 3. The van der Waals surface area contributed by atoms with Gasteiger partial charge in [-0.15, -0.1) is 0 Å². The van der Waals surface area contributed by atoms with Crippen LogP contribution >= 0.6 is 15.9 Å². The maximum Gasteiger partial charge on any atom is 0.213 e. The maximum absolute atomic E-state index is 13.3. The summed E-state index contributed by atoms with van der Waals surface area (Å²) in [6.07, 6.45) is 3.53. The predicted octanol–water partition coefficient (Wildman–Crippen LogP) is 3.42. The number of aromatic nitrogens is 5. The molecule has 0 N–H and O–H groups in total. The summed E-state index contributed by atoms with van der Waals surface area (Å²) in [6, 6.07) is 4.70. The zero-order chi connectivity index (χ0) is 15.7. The van der Waals surface area contributed by atoms with Crippen molar-refractivity contribution in [3.8, 4) is 11.5 Å². The molecule has 3 aromatic heterocycles. The molecule has 3 heterocycles. The Hall–Kier alpha value is -2.02. The minimum absolute atomic E-state index is 0.510. The lowest BCUT2D eigenvalue weighted by Crippen LogP contribution is -2.10. The Bertz CT molecular complexity index is 808. The van der Waals surface area contributed by atoms with Crippen LogP contribution < -0.4 is 0 Å². The van der Waals surface area contributed by atoms with Gasteiger partial charge in [-0.2, -0.15) is 4.39 Å². The molecule has 3 aromatic rings. The number of nitrogens with zero attached hydrogens (tertiary/aromatic N) is 5. The Morgan fingerprint density at radius 2 is 2.09 bits per heavy atom. The number of pyridine rings is 1. The van der Waals surface area contributed by atoms with Gasteiger partial charge >= 0.3 is 0 Å². The second-order valence-corrected chi connectivity index (χ2v) is 5.62. The molecule has 0 aliphatic heterocycles. The van der Waals surface area contributed by atoms with Crippen LogP contribution in [-0.2, 0) is 13.1 Å². The molecule has 22 heavy (non-hydrogen) atoms. The Labute approximate surface area is 136 Å². The molecule has 5 nitrogen and oxygen atoms in total. The van der Waals surface area contributed by atoms with Crippen LogP contribution in [0.1, 0.15) is 18.4 Å². The molecule has 0 unspecified atom stereocenters. The minimum atomic E-state index is -0.513. The first-order valence-electron chi connectivity index (χ1n) is 6.95. The number of imidazole rings is 2. The topological polar surface area (TPSA) is 48.5 Å². The smallest absolute Gasteiger partial charge is 0.213 e. The molecule has 0 bridgehead atoms. The summed E-state index contributed by atoms with van der Waals surface area (Å²) < 4.78 is 18.2. The van der Waals surface area contributed by atoms with Crippen molar-refractivity contribution in [1.82, 2.24) is 24.1 Å². The van der Waals surface area contributed by atoms with E-state index in [0.717, 1.165) is 22.7 Å². The highest BCUT2D eigenvalue weighted by molar-refractivity contribution is 9.10. The molecule has 0 atom stereocenters.